The Morgan fingerprint density at radius 3 is 2.71 bits per heavy atom. The molecule has 3 amide bonds. The number of guanidine groups is 1. The monoisotopic (exact) mass is 455 g/mol. The van der Waals surface area contributed by atoms with Crippen LogP contribution in [0.25, 0.3) is 0 Å². The normalized spacial score (nSPS) is 14.7. The van der Waals surface area contributed by atoms with Gasteiger partial charge in [-0.3, -0.25) is 14.7 Å². The molecular weight excluding hydrogens is 425 g/mol. The SMILES string of the molecule is CCNC(=NCCCOCC(C)C)NCCN1C(=O)CNC1=O.I. The van der Waals surface area contributed by atoms with Crippen LogP contribution in [0, 0.1) is 5.92 Å². The van der Waals surface area contributed by atoms with Gasteiger partial charge in [-0.25, -0.2) is 4.79 Å². The summed E-state index contributed by atoms with van der Waals surface area (Å²) in [5.41, 5.74) is 0. The quantitative estimate of drug-likeness (QED) is 0.149. The highest BCUT2D eigenvalue weighted by molar-refractivity contribution is 14.0. The fourth-order valence-electron chi connectivity index (χ4n) is 1.99. The number of urea groups is 1. The number of aliphatic imine (C=N–C) groups is 1. The van der Waals surface area contributed by atoms with Gasteiger partial charge in [-0.2, -0.15) is 0 Å². The lowest BCUT2D eigenvalue weighted by atomic mass is 10.2. The van der Waals surface area contributed by atoms with E-state index in [-0.39, 0.29) is 42.5 Å². The van der Waals surface area contributed by atoms with Gasteiger partial charge in [-0.15, -0.1) is 24.0 Å². The molecule has 3 N–H and O–H groups in total. The first-order valence-corrected chi connectivity index (χ1v) is 8.22. The van der Waals surface area contributed by atoms with E-state index in [1.807, 2.05) is 6.92 Å². The number of imide groups is 1. The summed E-state index contributed by atoms with van der Waals surface area (Å²) >= 11 is 0. The summed E-state index contributed by atoms with van der Waals surface area (Å²) in [4.78, 5) is 28.5. The summed E-state index contributed by atoms with van der Waals surface area (Å²) in [7, 11) is 0. The third-order valence-electron chi connectivity index (χ3n) is 3.08. The molecule has 0 aromatic carbocycles. The van der Waals surface area contributed by atoms with Crippen LogP contribution < -0.4 is 16.0 Å². The van der Waals surface area contributed by atoms with E-state index in [9.17, 15) is 9.59 Å². The van der Waals surface area contributed by atoms with Crippen molar-refractivity contribution in [3.05, 3.63) is 0 Å². The van der Waals surface area contributed by atoms with Gasteiger partial charge in [0.05, 0.1) is 6.54 Å². The van der Waals surface area contributed by atoms with E-state index in [4.69, 9.17) is 4.74 Å². The van der Waals surface area contributed by atoms with Crippen LogP contribution in [0.5, 0.6) is 0 Å². The molecule has 24 heavy (non-hydrogen) atoms. The third-order valence-corrected chi connectivity index (χ3v) is 3.08. The molecule has 0 unspecified atom stereocenters. The molecule has 0 spiro atoms. The molecule has 1 heterocycles. The van der Waals surface area contributed by atoms with Gasteiger partial charge in [-0.05, 0) is 19.3 Å². The average molecular weight is 455 g/mol. The summed E-state index contributed by atoms with van der Waals surface area (Å²) in [6.45, 7) is 9.99. The van der Waals surface area contributed by atoms with Crippen LogP contribution in [-0.4, -0.2) is 68.7 Å². The fraction of sp³-hybridized carbons (Fsp3) is 0.800. The lowest BCUT2D eigenvalue weighted by Gasteiger charge is -2.15. The molecule has 0 aromatic rings. The number of amides is 3. The maximum absolute atomic E-state index is 11.5. The highest BCUT2D eigenvalue weighted by atomic mass is 127. The molecule has 9 heteroatoms. The Balaban J connectivity index is 0.00000529. The molecule has 0 aliphatic carbocycles. The Morgan fingerprint density at radius 2 is 2.12 bits per heavy atom. The Hall–Kier alpha value is -1.10. The van der Waals surface area contributed by atoms with E-state index in [1.54, 1.807) is 0 Å². The van der Waals surface area contributed by atoms with Crippen molar-refractivity contribution in [3.8, 4) is 0 Å². The molecule has 0 radical (unpaired) electrons. The zero-order chi connectivity index (χ0) is 17.1. The van der Waals surface area contributed by atoms with Gasteiger partial charge in [0.1, 0.15) is 0 Å². The van der Waals surface area contributed by atoms with E-state index >= 15 is 0 Å². The largest absolute Gasteiger partial charge is 0.381 e. The molecule has 1 aliphatic rings. The predicted molar refractivity (Wildman–Crippen MR) is 105 cm³/mol. The number of nitrogens with zero attached hydrogens (tertiary/aromatic N) is 2. The summed E-state index contributed by atoms with van der Waals surface area (Å²) in [6, 6.07) is -0.332. The fourth-order valence-corrected chi connectivity index (χ4v) is 1.99. The van der Waals surface area contributed by atoms with Crippen molar-refractivity contribution >= 4 is 41.9 Å². The number of carbonyl (C=O) groups is 2. The van der Waals surface area contributed by atoms with Crippen LogP contribution in [0.2, 0.25) is 0 Å². The molecule has 1 aliphatic heterocycles. The molecule has 0 aromatic heterocycles. The van der Waals surface area contributed by atoms with Crippen molar-refractivity contribution in [2.24, 2.45) is 10.9 Å². The highest BCUT2D eigenvalue weighted by Crippen LogP contribution is 1.97. The molecular formula is C15H30IN5O3. The minimum absolute atomic E-state index is 0. The predicted octanol–water partition coefficient (Wildman–Crippen LogP) is 0.774. The van der Waals surface area contributed by atoms with Gasteiger partial charge in [0, 0.05) is 39.4 Å². The number of halogens is 1. The van der Waals surface area contributed by atoms with E-state index in [0.29, 0.717) is 38.1 Å². The standard InChI is InChI=1S/C15H29N5O3.HI/c1-4-16-14(17-6-5-9-23-11-12(2)3)18-7-8-20-13(21)10-19-15(20)22;/h12H,4-11H2,1-3H3,(H,19,22)(H2,16,17,18);1H. The topological polar surface area (TPSA) is 95.1 Å². The second kappa shape index (κ2) is 13.2. The van der Waals surface area contributed by atoms with Crippen molar-refractivity contribution < 1.29 is 14.3 Å². The Bertz CT molecular complexity index is 402. The van der Waals surface area contributed by atoms with Gasteiger partial charge in [0.25, 0.3) is 0 Å². The van der Waals surface area contributed by atoms with E-state index < -0.39 is 0 Å². The van der Waals surface area contributed by atoms with E-state index in [0.717, 1.165) is 19.6 Å². The molecule has 8 nitrogen and oxygen atoms in total. The first-order valence-electron chi connectivity index (χ1n) is 8.22. The number of carbonyl (C=O) groups excluding carboxylic acids is 2. The average Bonchev–Trinajstić information content (AvgIpc) is 2.82. The number of hydrogen-bond donors (Lipinski definition) is 3. The molecule has 1 fully saturated rings. The first kappa shape index (κ1) is 22.9. The molecule has 1 saturated heterocycles. The Labute approximate surface area is 161 Å². The first-order chi connectivity index (χ1) is 11.0. The van der Waals surface area contributed by atoms with Crippen molar-refractivity contribution in [1.29, 1.82) is 0 Å². The molecule has 0 atom stereocenters. The van der Waals surface area contributed by atoms with Crippen LogP contribution in [0.3, 0.4) is 0 Å². The minimum Gasteiger partial charge on any atom is -0.381 e. The van der Waals surface area contributed by atoms with Gasteiger partial charge < -0.3 is 20.7 Å². The molecule has 1 rings (SSSR count). The van der Waals surface area contributed by atoms with Gasteiger partial charge in [0.2, 0.25) is 5.91 Å². The van der Waals surface area contributed by atoms with Gasteiger partial charge >= 0.3 is 6.03 Å². The van der Waals surface area contributed by atoms with Gasteiger partial charge in [-0.1, -0.05) is 13.8 Å². The zero-order valence-electron chi connectivity index (χ0n) is 14.8. The van der Waals surface area contributed by atoms with Crippen LogP contribution >= 0.6 is 24.0 Å². The number of rotatable bonds is 10. The minimum atomic E-state index is -0.332. The van der Waals surface area contributed by atoms with Crippen LogP contribution in [-0.2, 0) is 9.53 Å². The maximum Gasteiger partial charge on any atom is 0.324 e. The summed E-state index contributed by atoms with van der Waals surface area (Å²) < 4.78 is 5.51. The smallest absolute Gasteiger partial charge is 0.324 e. The number of nitrogens with one attached hydrogen (secondary N) is 3. The summed E-state index contributed by atoms with van der Waals surface area (Å²) in [5.74, 6) is 1.03. The zero-order valence-corrected chi connectivity index (χ0v) is 17.1. The number of hydrogen-bond acceptors (Lipinski definition) is 4. The third kappa shape index (κ3) is 9.26. The molecule has 0 saturated carbocycles. The summed E-state index contributed by atoms with van der Waals surface area (Å²) in [5, 5.41) is 8.75. The maximum atomic E-state index is 11.5. The number of ether oxygens (including phenoxy) is 1. The highest BCUT2D eigenvalue weighted by Gasteiger charge is 2.27. The van der Waals surface area contributed by atoms with Crippen molar-refractivity contribution in [2.75, 3.05) is 45.9 Å². The van der Waals surface area contributed by atoms with E-state index in [2.05, 4.69) is 34.8 Å². The van der Waals surface area contributed by atoms with Crippen molar-refractivity contribution in [1.82, 2.24) is 20.9 Å². The van der Waals surface area contributed by atoms with Crippen LogP contribution in [0.15, 0.2) is 4.99 Å². The Morgan fingerprint density at radius 1 is 1.38 bits per heavy atom. The summed E-state index contributed by atoms with van der Waals surface area (Å²) in [6.07, 6.45) is 0.857. The Kier molecular flexibility index (Phi) is 12.6. The van der Waals surface area contributed by atoms with Crippen molar-refractivity contribution in [2.45, 2.75) is 27.2 Å². The van der Waals surface area contributed by atoms with Crippen molar-refractivity contribution in [3.63, 3.8) is 0 Å². The molecule has 0 bridgehead atoms. The van der Waals surface area contributed by atoms with E-state index in [1.165, 1.54) is 4.90 Å². The molecule has 140 valence electrons. The van der Waals surface area contributed by atoms with Crippen LogP contribution in [0.1, 0.15) is 27.2 Å². The van der Waals surface area contributed by atoms with Crippen LogP contribution in [0.4, 0.5) is 4.79 Å². The second-order valence-corrected chi connectivity index (χ2v) is 5.71. The lowest BCUT2D eigenvalue weighted by Crippen LogP contribution is -2.43. The van der Waals surface area contributed by atoms with Gasteiger partial charge in [0.15, 0.2) is 5.96 Å². The second-order valence-electron chi connectivity index (χ2n) is 5.71. The lowest BCUT2D eigenvalue weighted by molar-refractivity contribution is -0.124.